The lowest BCUT2D eigenvalue weighted by atomic mass is 9.81. The molecule has 94 heavy (non-hydrogen) atoms. The van der Waals surface area contributed by atoms with Crippen molar-refractivity contribution in [2.75, 3.05) is 93.3 Å². The summed E-state index contributed by atoms with van der Waals surface area (Å²) in [5.74, 6) is -0.00283. The second-order valence-electron chi connectivity index (χ2n) is 26.7. The van der Waals surface area contributed by atoms with Crippen LogP contribution in [0.1, 0.15) is 181 Å². The standard InChI is InChI=1S/C26H35N3O3.C25H30F3N3O3.C22H28ClN3O2.H2/c1-6-22(30)21-9-10-23-26(27(5)15-16-29(21)23)11-13-28(14-12-26)24(31)19-7-8-20(18(2)17-19)25(3,4)32;1-3-4-17-34-19-7-5-18(6-8-19)23(33)30-13-11-24(12-14-30)21-10-9-20(22(32)25(26,27)28)31(21)16-15-29(24)2;1-3-16-28-18-6-4-17(5-7-18)21(27)25-12-10-22(11-13-25)19-8-9-20(23)26(19)15-14-24(22)2;/h7-10,17,32H,6,11-16H2,1-5H3;5-10H,3-4,11-17H2,1-2H3;4-9H,3,10-16H2,1-2H3;1H. The van der Waals surface area contributed by atoms with Gasteiger partial charge in [0.25, 0.3) is 23.5 Å². The van der Waals surface area contributed by atoms with E-state index in [9.17, 15) is 42.3 Å². The van der Waals surface area contributed by atoms with Crippen molar-refractivity contribution >= 4 is 40.9 Å². The van der Waals surface area contributed by atoms with Crippen molar-refractivity contribution in [3.63, 3.8) is 0 Å². The molecule has 0 unspecified atom stereocenters. The number of nitrogens with zero attached hydrogens (tertiary/aromatic N) is 9. The first-order valence-electron chi connectivity index (χ1n) is 33.5. The molecule has 1 N–H and O–H groups in total. The summed E-state index contributed by atoms with van der Waals surface area (Å²) < 4.78 is 56.4. The van der Waals surface area contributed by atoms with Gasteiger partial charge in [0, 0.05) is 120 Å². The number of likely N-dealkylation sites (tertiary alicyclic amines) is 3. The monoisotopic (exact) mass is 1320 g/mol. The van der Waals surface area contributed by atoms with Crippen molar-refractivity contribution < 1.29 is 53.2 Å². The maximum absolute atomic E-state index is 13.2. The molecule has 0 bridgehead atoms. The SMILES string of the molecule is CCC(=O)c1ccc2n1CCN(C)C21CCN(C(=O)c2ccc(C(C)(C)O)c(C)c2)CC1.CCCCOc1ccc(C(=O)N2CCC3(CC2)c2ccc(C(=O)C(F)(F)F)n2CCN3C)cc1.CCCOc1ccc(C(=O)N2CCC3(CC2)c2ccc(Cl)n2CCN3C)cc1.[HH]. The van der Waals surface area contributed by atoms with Crippen LogP contribution in [0.15, 0.2) is 103 Å². The average Bonchev–Trinajstić information content (AvgIpc) is 1.67. The Kier molecular flexibility index (Phi) is 21.2. The molecule has 17 nitrogen and oxygen atoms in total. The van der Waals surface area contributed by atoms with Crippen molar-refractivity contribution in [3.8, 4) is 11.5 Å². The van der Waals surface area contributed by atoms with Crippen LogP contribution < -0.4 is 9.47 Å². The van der Waals surface area contributed by atoms with Crippen LogP contribution in [0.25, 0.3) is 0 Å². The van der Waals surface area contributed by atoms with E-state index in [2.05, 4.69) is 63.9 Å². The summed E-state index contributed by atoms with van der Waals surface area (Å²) in [6.07, 6.45) is 3.30. The number of carbonyl (C=O) groups is 5. The first kappa shape index (κ1) is 69.6. The highest BCUT2D eigenvalue weighted by Gasteiger charge is 2.50. The minimum Gasteiger partial charge on any atom is -0.494 e. The van der Waals surface area contributed by atoms with E-state index in [1.165, 1.54) is 22.0 Å². The quantitative estimate of drug-likeness (QED) is 0.0817. The van der Waals surface area contributed by atoms with E-state index in [1.54, 1.807) is 49.1 Å². The third-order valence-corrected chi connectivity index (χ3v) is 21.1. The zero-order chi connectivity index (χ0) is 67.5. The van der Waals surface area contributed by atoms with E-state index in [0.717, 1.165) is 129 Å². The number of benzene rings is 3. The molecule has 21 heteroatoms. The van der Waals surface area contributed by atoms with Gasteiger partial charge in [-0.2, -0.15) is 13.2 Å². The number of piperidine rings is 3. The second-order valence-corrected chi connectivity index (χ2v) is 27.1. The highest BCUT2D eigenvalue weighted by atomic mass is 35.5. The average molecular weight is 1320 g/mol. The minimum atomic E-state index is -4.90. The molecule has 0 atom stereocenters. The Balaban J connectivity index is 0.000000167. The predicted molar refractivity (Wildman–Crippen MR) is 359 cm³/mol. The Hall–Kier alpha value is -7.23. The van der Waals surface area contributed by atoms with E-state index < -0.39 is 23.1 Å². The first-order valence-corrected chi connectivity index (χ1v) is 33.9. The van der Waals surface area contributed by atoms with E-state index in [4.69, 9.17) is 21.1 Å². The van der Waals surface area contributed by atoms with Crippen LogP contribution in [-0.2, 0) is 41.9 Å². The molecule has 3 amide bonds. The molecule has 3 spiro atoms. The molecule has 3 saturated heterocycles. The predicted octanol–water partition coefficient (Wildman–Crippen LogP) is 12.4. The largest absolute Gasteiger partial charge is 0.494 e. The molecule has 3 aromatic heterocycles. The lowest BCUT2D eigenvalue weighted by Crippen LogP contribution is -2.56. The third kappa shape index (κ3) is 13.9. The number of aliphatic hydroxyl groups is 1. The minimum absolute atomic E-state index is 0. The van der Waals surface area contributed by atoms with E-state index in [0.29, 0.717) is 82.9 Å². The van der Waals surface area contributed by atoms with Crippen LogP contribution in [0, 0.1) is 6.92 Å². The highest BCUT2D eigenvalue weighted by Crippen LogP contribution is 2.46. The summed E-state index contributed by atoms with van der Waals surface area (Å²) >= 11 is 6.38. The molecule has 0 aliphatic carbocycles. The molecule has 3 aromatic carbocycles. The Morgan fingerprint density at radius 2 is 0.904 bits per heavy atom. The number of unbranched alkanes of at least 4 members (excludes halogenated alkanes) is 1. The smallest absolute Gasteiger partial charge is 0.456 e. The van der Waals surface area contributed by atoms with Crippen LogP contribution in [0.5, 0.6) is 11.5 Å². The molecule has 9 heterocycles. The van der Waals surface area contributed by atoms with Gasteiger partial charge >= 0.3 is 6.18 Å². The van der Waals surface area contributed by atoms with Crippen molar-refractivity contribution in [2.45, 2.75) is 154 Å². The van der Waals surface area contributed by atoms with Crippen LogP contribution in [-0.4, -0.2) is 177 Å². The number of alkyl halides is 3. The molecule has 508 valence electrons. The van der Waals surface area contributed by atoms with Gasteiger partial charge in [0.1, 0.15) is 16.7 Å². The van der Waals surface area contributed by atoms with E-state index in [-0.39, 0.29) is 41.7 Å². The summed E-state index contributed by atoms with van der Waals surface area (Å²) in [4.78, 5) is 76.3. The summed E-state index contributed by atoms with van der Waals surface area (Å²) in [5, 5.41) is 11.1. The summed E-state index contributed by atoms with van der Waals surface area (Å²) in [6, 6.07) is 31.4. The molecule has 0 radical (unpaired) electrons. The Labute approximate surface area is 557 Å². The zero-order valence-corrected chi connectivity index (χ0v) is 56.9. The number of likely N-dealkylation sites (N-methyl/N-ethyl adjacent to an activating group) is 3. The van der Waals surface area contributed by atoms with Gasteiger partial charge in [0.05, 0.1) is 46.8 Å². The second kappa shape index (κ2) is 28.6. The van der Waals surface area contributed by atoms with Crippen LogP contribution in [0.2, 0.25) is 5.15 Å². The Bertz CT molecular complexity index is 3680. The number of hydrogen-bond acceptors (Lipinski definition) is 11. The number of rotatable bonds is 14. The van der Waals surface area contributed by atoms with E-state index in [1.807, 2.05) is 85.3 Å². The number of hydrogen-bond donors (Lipinski definition) is 1. The molecule has 0 saturated carbocycles. The Morgan fingerprint density at radius 1 is 0.511 bits per heavy atom. The zero-order valence-electron chi connectivity index (χ0n) is 56.1. The van der Waals surface area contributed by atoms with Crippen LogP contribution in [0.4, 0.5) is 13.2 Å². The van der Waals surface area contributed by atoms with Crippen molar-refractivity contribution in [1.29, 1.82) is 0 Å². The molecule has 6 aliphatic rings. The number of amides is 3. The summed E-state index contributed by atoms with van der Waals surface area (Å²) in [6.45, 7) is 21.2. The van der Waals surface area contributed by atoms with Crippen LogP contribution >= 0.6 is 11.6 Å². The van der Waals surface area contributed by atoms with E-state index >= 15 is 0 Å². The molecule has 6 aromatic rings. The number of fused-ring (bicyclic) bond motifs is 6. The molecule has 6 aliphatic heterocycles. The number of aromatic nitrogens is 3. The molecular formula is C73H95ClF3N9O8. The topological polar surface area (TPSA) is 158 Å². The molecule has 12 rings (SSSR count). The fourth-order valence-corrected chi connectivity index (χ4v) is 15.4. The van der Waals surface area contributed by atoms with Gasteiger partial charge in [0.2, 0.25) is 0 Å². The maximum Gasteiger partial charge on any atom is 0.456 e. The lowest BCUT2D eigenvalue weighted by molar-refractivity contribution is -0.0892. The number of ketones is 2. The van der Waals surface area contributed by atoms with Gasteiger partial charge < -0.3 is 43.0 Å². The van der Waals surface area contributed by atoms with Crippen molar-refractivity contribution in [3.05, 3.63) is 165 Å². The normalized spacial score (nSPS) is 18.5. The number of aryl methyl sites for hydroxylation is 1. The van der Waals surface area contributed by atoms with Gasteiger partial charge in [-0.3, -0.25) is 38.7 Å². The van der Waals surface area contributed by atoms with Gasteiger partial charge in [-0.15, -0.1) is 0 Å². The summed E-state index contributed by atoms with van der Waals surface area (Å²) in [7, 11) is 6.31. The number of halogens is 4. The molecular weight excluding hydrogens is 1220 g/mol. The first-order chi connectivity index (χ1) is 44.8. The van der Waals surface area contributed by atoms with Gasteiger partial charge in [0.15, 0.2) is 5.78 Å². The maximum atomic E-state index is 13.2. The van der Waals surface area contributed by atoms with Gasteiger partial charge in [-0.25, -0.2) is 0 Å². The third-order valence-electron chi connectivity index (χ3n) is 20.8. The van der Waals surface area contributed by atoms with Crippen molar-refractivity contribution in [2.24, 2.45) is 0 Å². The number of Topliss-reactive ketones (excluding diaryl/α,β-unsaturated/α-hetero) is 2. The fraction of sp³-hybridized carbons (Fsp3) is 0.521. The van der Waals surface area contributed by atoms with Gasteiger partial charge in [-0.05, 0) is 201 Å². The van der Waals surface area contributed by atoms with Gasteiger partial charge in [-0.1, -0.05) is 44.9 Å². The Morgan fingerprint density at radius 3 is 1.32 bits per heavy atom. The van der Waals surface area contributed by atoms with Crippen LogP contribution in [0.3, 0.4) is 0 Å². The highest BCUT2D eigenvalue weighted by molar-refractivity contribution is 6.29. The molecule has 3 fully saturated rings. The number of ether oxygens (including phenoxy) is 2. The lowest BCUT2D eigenvalue weighted by Gasteiger charge is -2.50. The number of carbonyl (C=O) groups excluding carboxylic acids is 5. The van der Waals surface area contributed by atoms with Crippen molar-refractivity contribution in [1.82, 2.24) is 43.1 Å². The fourth-order valence-electron chi connectivity index (χ4n) is 15.2. The summed E-state index contributed by atoms with van der Waals surface area (Å²) in [5.41, 5.74) is 5.86.